The quantitative estimate of drug-likeness (QED) is 0.829. The maximum Gasteiger partial charge on any atom is 0.229 e. The zero-order valence-electron chi connectivity index (χ0n) is 13.2. The number of fused-ring (bicyclic) bond motifs is 2. The number of terminal acetylenes is 1. The molecule has 2 atom stereocenters. The molecule has 0 saturated carbocycles. The van der Waals surface area contributed by atoms with E-state index in [1.54, 1.807) is 10.9 Å². The van der Waals surface area contributed by atoms with E-state index in [1.165, 1.54) is 12.8 Å². The third-order valence-electron chi connectivity index (χ3n) is 4.14. The molecule has 2 aliphatic rings. The maximum atomic E-state index is 4.64. The first-order valence-corrected chi connectivity index (χ1v) is 7.69. The number of nitrogens with zero attached hydrogens (tertiary/aromatic N) is 5. The van der Waals surface area contributed by atoms with Gasteiger partial charge in [-0.3, -0.25) is 4.68 Å². The topological polar surface area (TPSA) is 70.9 Å². The van der Waals surface area contributed by atoms with Crippen LogP contribution in [-0.4, -0.2) is 44.9 Å². The van der Waals surface area contributed by atoms with Gasteiger partial charge in [0.2, 0.25) is 5.95 Å². The van der Waals surface area contributed by atoms with Crippen molar-refractivity contribution in [3.8, 4) is 12.8 Å². The molecule has 0 radical (unpaired) electrons. The minimum absolute atomic E-state index is 0.605. The van der Waals surface area contributed by atoms with Crippen LogP contribution in [0, 0.1) is 12.8 Å². The molecule has 4 rings (SSSR count). The zero-order chi connectivity index (χ0) is 16.2. The van der Waals surface area contributed by atoms with Crippen molar-refractivity contribution >= 4 is 17.5 Å². The molecular formula is C16H21N7. The molecule has 0 spiro atoms. The molecule has 2 aromatic rings. The molecule has 7 nitrogen and oxygen atoms in total. The van der Waals surface area contributed by atoms with Crippen molar-refractivity contribution < 1.29 is 0 Å². The summed E-state index contributed by atoms with van der Waals surface area (Å²) >= 11 is 0. The van der Waals surface area contributed by atoms with E-state index in [9.17, 15) is 0 Å². The number of aryl methyl sites for hydroxylation is 1. The van der Waals surface area contributed by atoms with Gasteiger partial charge in [-0.1, -0.05) is 0 Å². The van der Waals surface area contributed by atoms with Gasteiger partial charge in [0.1, 0.15) is 5.82 Å². The SMILES string of the molecule is C#C.Cn1cc(Nc2nccc(N3C[C@H]4CC[C@@H](C3)N4)n2)cn1. The Bertz CT molecular complexity index is 666. The molecule has 23 heavy (non-hydrogen) atoms. The van der Waals surface area contributed by atoms with E-state index in [1.807, 2.05) is 25.5 Å². The molecule has 2 aliphatic heterocycles. The fourth-order valence-corrected chi connectivity index (χ4v) is 3.18. The lowest BCUT2D eigenvalue weighted by atomic mass is 10.2. The van der Waals surface area contributed by atoms with Crippen LogP contribution in [0.15, 0.2) is 24.7 Å². The molecule has 7 heteroatoms. The van der Waals surface area contributed by atoms with Gasteiger partial charge in [0, 0.05) is 44.6 Å². The van der Waals surface area contributed by atoms with Crippen LogP contribution in [-0.2, 0) is 7.05 Å². The van der Waals surface area contributed by atoms with E-state index in [0.717, 1.165) is 24.6 Å². The monoisotopic (exact) mass is 311 g/mol. The molecule has 2 N–H and O–H groups in total. The fourth-order valence-electron chi connectivity index (χ4n) is 3.18. The van der Waals surface area contributed by atoms with Crippen molar-refractivity contribution in [2.24, 2.45) is 7.05 Å². The Hall–Kier alpha value is -2.59. The summed E-state index contributed by atoms with van der Waals surface area (Å²) in [5.74, 6) is 1.61. The first-order chi connectivity index (χ1) is 11.3. The van der Waals surface area contributed by atoms with Gasteiger partial charge in [-0.25, -0.2) is 4.98 Å². The minimum atomic E-state index is 0.605. The summed E-state index contributed by atoms with van der Waals surface area (Å²) in [4.78, 5) is 11.3. The number of hydrogen-bond donors (Lipinski definition) is 2. The molecule has 2 aromatic heterocycles. The lowest BCUT2D eigenvalue weighted by molar-refractivity contribution is 0.463. The Balaban J connectivity index is 0.000000753. The summed E-state index contributed by atoms with van der Waals surface area (Å²) in [6.45, 7) is 2.06. The highest BCUT2D eigenvalue weighted by Gasteiger charge is 2.32. The van der Waals surface area contributed by atoms with E-state index in [0.29, 0.717) is 18.0 Å². The Morgan fingerprint density at radius 3 is 2.65 bits per heavy atom. The van der Waals surface area contributed by atoms with Crippen LogP contribution in [0.3, 0.4) is 0 Å². The molecule has 2 saturated heterocycles. The Labute approximate surface area is 136 Å². The second kappa shape index (κ2) is 6.67. The molecule has 2 bridgehead atoms. The van der Waals surface area contributed by atoms with E-state index < -0.39 is 0 Å². The summed E-state index contributed by atoms with van der Waals surface area (Å²) in [6, 6.07) is 3.20. The molecule has 120 valence electrons. The number of aromatic nitrogens is 4. The van der Waals surface area contributed by atoms with Gasteiger partial charge in [0.25, 0.3) is 0 Å². The predicted octanol–water partition coefficient (Wildman–Crippen LogP) is 1.14. The molecule has 0 unspecified atom stereocenters. The van der Waals surface area contributed by atoms with Crippen LogP contribution in [0.5, 0.6) is 0 Å². The molecule has 0 aromatic carbocycles. The average Bonchev–Trinajstić information content (AvgIpc) is 3.14. The first kappa shape index (κ1) is 15.3. The largest absolute Gasteiger partial charge is 0.353 e. The molecule has 4 heterocycles. The number of piperazine rings is 1. The Morgan fingerprint density at radius 1 is 1.26 bits per heavy atom. The van der Waals surface area contributed by atoms with Crippen molar-refractivity contribution in [2.45, 2.75) is 24.9 Å². The Morgan fingerprint density at radius 2 is 2.00 bits per heavy atom. The van der Waals surface area contributed by atoms with Crippen LogP contribution in [0.4, 0.5) is 17.5 Å². The minimum Gasteiger partial charge on any atom is -0.353 e. The zero-order valence-corrected chi connectivity index (χ0v) is 13.2. The van der Waals surface area contributed by atoms with Crippen LogP contribution in [0.2, 0.25) is 0 Å². The first-order valence-electron chi connectivity index (χ1n) is 7.69. The van der Waals surface area contributed by atoms with Gasteiger partial charge in [0.05, 0.1) is 11.9 Å². The van der Waals surface area contributed by atoms with Crippen LogP contribution >= 0.6 is 0 Å². The van der Waals surface area contributed by atoms with Crippen molar-refractivity contribution in [3.05, 3.63) is 24.7 Å². The highest BCUT2D eigenvalue weighted by Crippen LogP contribution is 2.24. The third kappa shape index (κ3) is 3.43. The summed E-state index contributed by atoms with van der Waals surface area (Å²) in [5, 5.41) is 11.0. The van der Waals surface area contributed by atoms with Gasteiger partial charge in [-0.15, -0.1) is 12.8 Å². The highest BCUT2D eigenvalue weighted by atomic mass is 15.3. The normalized spacial score (nSPS) is 22.3. The highest BCUT2D eigenvalue weighted by molar-refractivity contribution is 5.53. The summed E-state index contributed by atoms with van der Waals surface area (Å²) in [5.41, 5.74) is 0.898. The van der Waals surface area contributed by atoms with Crippen molar-refractivity contribution in [2.75, 3.05) is 23.3 Å². The smallest absolute Gasteiger partial charge is 0.229 e. The number of nitrogens with one attached hydrogen (secondary N) is 2. The summed E-state index contributed by atoms with van der Waals surface area (Å²) in [6.07, 6.45) is 16.0. The Kier molecular flexibility index (Phi) is 4.44. The lowest BCUT2D eigenvalue weighted by Crippen LogP contribution is -2.51. The van der Waals surface area contributed by atoms with Crippen molar-refractivity contribution in [1.29, 1.82) is 0 Å². The van der Waals surface area contributed by atoms with Crippen molar-refractivity contribution in [3.63, 3.8) is 0 Å². The predicted molar refractivity (Wildman–Crippen MR) is 90.6 cm³/mol. The molecular weight excluding hydrogens is 290 g/mol. The van der Waals surface area contributed by atoms with Crippen LogP contribution < -0.4 is 15.5 Å². The van der Waals surface area contributed by atoms with Gasteiger partial charge >= 0.3 is 0 Å². The van der Waals surface area contributed by atoms with E-state index >= 15 is 0 Å². The van der Waals surface area contributed by atoms with Crippen molar-refractivity contribution in [1.82, 2.24) is 25.1 Å². The van der Waals surface area contributed by atoms with Gasteiger partial charge in [-0.2, -0.15) is 10.1 Å². The van der Waals surface area contributed by atoms with Crippen LogP contribution in [0.25, 0.3) is 0 Å². The maximum absolute atomic E-state index is 4.64. The molecule has 2 fully saturated rings. The summed E-state index contributed by atoms with van der Waals surface area (Å²) in [7, 11) is 1.89. The second-order valence-electron chi connectivity index (χ2n) is 5.81. The number of rotatable bonds is 3. The van der Waals surface area contributed by atoms with E-state index in [4.69, 9.17) is 0 Å². The second-order valence-corrected chi connectivity index (χ2v) is 5.81. The average molecular weight is 311 g/mol. The fraction of sp³-hybridized carbons (Fsp3) is 0.438. The molecule has 0 aliphatic carbocycles. The number of hydrogen-bond acceptors (Lipinski definition) is 6. The lowest BCUT2D eigenvalue weighted by Gasteiger charge is -2.33. The van der Waals surface area contributed by atoms with Gasteiger partial charge in [-0.05, 0) is 18.9 Å². The third-order valence-corrected chi connectivity index (χ3v) is 4.14. The van der Waals surface area contributed by atoms with Crippen LogP contribution in [0.1, 0.15) is 12.8 Å². The van der Waals surface area contributed by atoms with E-state index in [2.05, 4.69) is 43.4 Å². The van der Waals surface area contributed by atoms with Gasteiger partial charge < -0.3 is 15.5 Å². The van der Waals surface area contributed by atoms with Gasteiger partial charge in [0.15, 0.2) is 0 Å². The summed E-state index contributed by atoms with van der Waals surface area (Å²) < 4.78 is 1.75. The number of anilines is 3. The molecule has 0 amide bonds. The van der Waals surface area contributed by atoms with E-state index in [-0.39, 0.29) is 0 Å². The standard InChI is InChI=1S/C14H19N7.C2H2/c1-20-7-12(6-16-20)18-14-15-5-4-13(19-14)21-8-10-2-3-11(9-21)17-10;1-2/h4-7,10-11,17H,2-3,8-9H2,1H3,(H,15,18,19);1-2H/t10-,11+;.